The molecule has 2 aromatic rings. The minimum absolute atomic E-state index is 0.267. The molecule has 0 fully saturated rings. The van der Waals surface area contributed by atoms with E-state index in [1.807, 2.05) is 12.1 Å². The molecule has 1 unspecified atom stereocenters. The average molecular weight is 218 g/mol. The number of phenols is 1. The second-order valence-corrected chi connectivity index (χ2v) is 4.18. The average Bonchev–Trinajstić information content (AvgIpc) is 2.68. The van der Waals surface area contributed by atoms with E-state index in [0.29, 0.717) is 12.3 Å². The van der Waals surface area contributed by atoms with Gasteiger partial charge in [-0.2, -0.15) is 0 Å². The molecule has 0 spiro atoms. The molecular formula is C13H18N2O. The van der Waals surface area contributed by atoms with Crippen molar-refractivity contribution in [2.24, 2.45) is 5.73 Å². The van der Waals surface area contributed by atoms with Crippen molar-refractivity contribution >= 4 is 10.9 Å². The van der Waals surface area contributed by atoms with Gasteiger partial charge in [0.2, 0.25) is 0 Å². The summed E-state index contributed by atoms with van der Waals surface area (Å²) in [6, 6.07) is 5.64. The van der Waals surface area contributed by atoms with E-state index in [9.17, 15) is 5.11 Å². The van der Waals surface area contributed by atoms with E-state index >= 15 is 0 Å². The summed E-state index contributed by atoms with van der Waals surface area (Å²) in [5.74, 6) is 0.614. The molecule has 86 valence electrons. The Labute approximate surface area is 95.5 Å². The van der Waals surface area contributed by atoms with E-state index in [2.05, 4.69) is 24.6 Å². The van der Waals surface area contributed by atoms with E-state index in [4.69, 9.17) is 5.73 Å². The molecule has 0 amide bonds. The highest BCUT2D eigenvalue weighted by Crippen LogP contribution is 2.33. The Morgan fingerprint density at radius 3 is 2.81 bits per heavy atom. The van der Waals surface area contributed by atoms with E-state index in [0.717, 1.165) is 23.0 Å². The molecule has 0 aliphatic carbocycles. The second-order valence-electron chi connectivity index (χ2n) is 4.18. The molecular weight excluding hydrogens is 200 g/mol. The highest BCUT2D eigenvalue weighted by molar-refractivity contribution is 5.90. The minimum Gasteiger partial charge on any atom is -0.507 e. The lowest BCUT2D eigenvalue weighted by molar-refractivity contribution is 0.481. The molecule has 16 heavy (non-hydrogen) atoms. The number of hydrogen-bond donors (Lipinski definition) is 2. The van der Waals surface area contributed by atoms with Gasteiger partial charge < -0.3 is 15.4 Å². The van der Waals surface area contributed by atoms with Crippen molar-refractivity contribution in [3.63, 3.8) is 0 Å². The number of fused-ring (bicyclic) bond motifs is 1. The Balaban J connectivity index is 2.74. The van der Waals surface area contributed by atoms with Crippen molar-refractivity contribution in [1.82, 2.24) is 4.57 Å². The number of rotatable bonds is 3. The fourth-order valence-electron chi connectivity index (χ4n) is 2.13. The van der Waals surface area contributed by atoms with Crippen molar-refractivity contribution in [1.29, 1.82) is 0 Å². The first-order chi connectivity index (χ1) is 7.69. The summed E-state index contributed by atoms with van der Waals surface area (Å²) in [4.78, 5) is 0. The lowest BCUT2D eigenvalue weighted by atomic mass is 10.0. The molecule has 0 saturated heterocycles. The van der Waals surface area contributed by atoms with E-state index in [1.165, 1.54) is 0 Å². The maximum absolute atomic E-state index is 9.95. The zero-order valence-corrected chi connectivity index (χ0v) is 9.77. The Hall–Kier alpha value is -1.48. The Morgan fingerprint density at radius 1 is 1.44 bits per heavy atom. The summed E-state index contributed by atoms with van der Waals surface area (Å²) < 4.78 is 2.15. The third kappa shape index (κ3) is 1.57. The number of aryl methyl sites for hydroxylation is 1. The Kier molecular flexibility index (Phi) is 2.88. The fraction of sp³-hybridized carbons (Fsp3) is 0.385. The van der Waals surface area contributed by atoms with Crippen LogP contribution in [0.15, 0.2) is 24.4 Å². The van der Waals surface area contributed by atoms with Gasteiger partial charge in [0.15, 0.2) is 0 Å². The first-order valence-electron chi connectivity index (χ1n) is 5.69. The third-order valence-corrected chi connectivity index (χ3v) is 3.14. The van der Waals surface area contributed by atoms with Crippen molar-refractivity contribution in [2.75, 3.05) is 6.54 Å². The van der Waals surface area contributed by atoms with E-state index < -0.39 is 0 Å². The van der Waals surface area contributed by atoms with Crippen LogP contribution in [0.1, 0.15) is 25.3 Å². The molecule has 1 aromatic heterocycles. The number of phenolic OH excluding ortho intramolecular Hbond substituents is 1. The first-order valence-corrected chi connectivity index (χ1v) is 5.69. The fourth-order valence-corrected chi connectivity index (χ4v) is 2.13. The topological polar surface area (TPSA) is 51.2 Å². The van der Waals surface area contributed by atoms with Gasteiger partial charge >= 0.3 is 0 Å². The minimum atomic E-state index is 0.267. The monoisotopic (exact) mass is 218 g/mol. The molecule has 0 radical (unpaired) electrons. The number of benzene rings is 1. The maximum Gasteiger partial charge on any atom is 0.125 e. The van der Waals surface area contributed by atoms with Crippen LogP contribution >= 0.6 is 0 Å². The molecule has 1 atom stereocenters. The quantitative estimate of drug-likeness (QED) is 0.831. The lowest BCUT2D eigenvalue weighted by Crippen LogP contribution is -2.08. The molecule has 3 N–H and O–H groups in total. The van der Waals surface area contributed by atoms with Crippen LogP contribution in [0.25, 0.3) is 10.9 Å². The number of hydrogen-bond acceptors (Lipinski definition) is 2. The lowest BCUT2D eigenvalue weighted by Gasteiger charge is -2.07. The largest absolute Gasteiger partial charge is 0.507 e. The Bertz CT molecular complexity index is 502. The van der Waals surface area contributed by atoms with Gasteiger partial charge in [-0.3, -0.25) is 0 Å². The molecule has 0 bridgehead atoms. The molecule has 3 heteroatoms. The number of nitrogens with two attached hydrogens (primary N) is 1. The molecule has 0 saturated carbocycles. The summed E-state index contributed by atoms with van der Waals surface area (Å²) >= 11 is 0. The standard InChI is InChI=1S/C13H18N2O/c1-3-15-8-10(9(2)7-14)13-11(15)5-4-6-12(13)16/h4-6,8-9,16H,3,7,14H2,1-2H3. The molecule has 3 nitrogen and oxygen atoms in total. The van der Waals surface area contributed by atoms with Crippen LogP contribution in [0, 0.1) is 0 Å². The van der Waals surface area contributed by atoms with Crippen molar-refractivity contribution in [3.05, 3.63) is 30.0 Å². The van der Waals surface area contributed by atoms with Gasteiger partial charge in [-0.05, 0) is 37.1 Å². The van der Waals surface area contributed by atoms with Crippen LogP contribution in [-0.2, 0) is 6.54 Å². The number of aromatic hydroxyl groups is 1. The summed E-state index contributed by atoms with van der Waals surface area (Å²) in [6.45, 7) is 5.68. The number of aromatic nitrogens is 1. The summed E-state index contributed by atoms with van der Waals surface area (Å²) in [5, 5.41) is 10.9. The van der Waals surface area contributed by atoms with Crippen molar-refractivity contribution in [3.8, 4) is 5.75 Å². The van der Waals surface area contributed by atoms with Gasteiger partial charge in [0.05, 0.1) is 5.52 Å². The third-order valence-electron chi connectivity index (χ3n) is 3.14. The second kappa shape index (κ2) is 4.18. The maximum atomic E-state index is 9.95. The van der Waals surface area contributed by atoms with Gasteiger partial charge in [0, 0.05) is 18.1 Å². The van der Waals surface area contributed by atoms with Crippen molar-refractivity contribution in [2.45, 2.75) is 26.3 Å². The van der Waals surface area contributed by atoms with Gasteiger partial charge in [-0.15, -0.1) is 0 Å². The smallest absolute Gasteiger partial charge is 0.125 e. The Morgan fingerprint density at radius 2 is 2.19 bits per heavy atom. The van der Waals surface area contributed by atoms with Crippen molar-refractivity contribution < 1.29 is 5.11 Å². The highest BCUT2D eigenvalue weighted by Gasteiger charge is 2.15. The first kappa shape index (κ1) is 11.0. The van der Waals surface area contributed by atoms with Gasteiger partial charge in [0.1, 0.15) is 5.75 Å². The molecule has 0 aliphatic rings. The predicted molar refractivity (Wildman–Crippen MR) is 66.7 cm³/mol. The van der Waals surface area contributed by atoms with Crippen LogP contribution < -0.4 is 5.73 Å². The summed E-state index contributed by atoms with van der Waals surface area (Å²) in [7, 11) is 0. The van der Waals surface area contributed by atoms with Crippen LogP contribution in [0.2, 0.25) is 0 Å². The van der Waals surface area contributed by atoms with Crippen LogP contribution in [0.3, 0.4) is 0 Å². The van der Waals surface area contributed by atoms with Gasteiger partial charge in [-0.1, -0.05) is 13.0 Å². The van der Waals surface area contributed by atoms with E-state index in [1.54, 1.807) is 6.07 Å². The van der Waals surface area contributed by atoms with Gasteiger partial charge in [0.25, 0.3) is 0 Å². The zero-order chi connectivity index (χ0) is 11.7. The SMILES string of the molecule is CCn1cc(C(C)CN)c2c(O)cccc21. The van der Waals surface area contributed by atoms with Crippen LogP contribution in [0.4, 0.5) is 0 Å². The molecule has 2 rings (SSSR count). The van der Waals surface area contributed by atoms with Crippen LogP contribution in [-0.4, -0.2) is 16.2 Å². The summed E-state index contributed by atoms with van der Waals surface area (Å²) in [5.41, 5.74) is 7.92. The molecule has 1 heterocycles. The number of nitrogens with zero attached hydrogens (tertiary/aromatic N) is 1. The highest BCUT2D eigenvalue weighted by atomic mass is 16.3. The predicted octanol–water partition coefficient (Wildman–Crippen LogP) is 2.43. The van der Waals surface area contributed by atoms with Gasteiger partial charge in [-0.25, -0.2) is 0 Å². The zero-order valence-electron chi connectivity index (χ0n) is 9.77. The van der Waals surface area contributed by atoms with E-state index in [-0.39, 0.29) is 5.92 Å². The molecule has 1 aromatic carbocycles. The summed E-state index contributed by atoms with van der Waals surface area (Å²) in [6.07, 6.45) is 2.10. The van der Waals surface area contributed by atoms with Crippen LogP contribution in [0.5, 0.6) is 5.75 Å². The molecule has 0 aliphatic heterocycles. The normalized spacial score (nSPS) is 13.2.